The van der Waals surface area contributed by atoms with Crippen LogP contribution in [0.15, 0.2) is 24.5 Å². The van der Waals surface area contributed by atoms with Crippen LogP contribution in [0.4, 0.5) is 5.69 Å². The van der Waals surface area contributed by atoms with Gasteiger partial charge in [-0.05, 0) is 25.0 Å². The van der Waals surface area contributed by atoms with E-state index in [1.54, 1.807) is 24.5 Å². The Morgan fingerprint density at radius 3 is 2.28 bits per heavy atom. The first-order valence-corrected chi connectivity index (χ1v) is 5.71. The van der Waals surface area contributed by atoms with E-state index in [1.807, 2.05) is 0 Å². The Bertz CT molecular complexity index is 367. The van der Waals surface area contributed by atoms with Crippen molar-refractivity contribution in [3.05, 3.63) is 24.5 Å². The Labute approximate surface area is 120 Å². The topological polar surface area (TPSA) is 68.0 Å². The number of pyridine rings is 1. The molecule has 1 aromatic rings. The molecule has 0 aromatic carbocycles. The Morgan fingerprint density at radius 1 is 1.17 bits per heavy atom. The quantitative estimate of drug-likeness (QED) is 0.880. The molecule has 0 bridgehead atoms. The molecule has 1 aromatic heterocycles. The fourth-order valence-corrected chi connectivity index (χ4v) is 2.10. The number of nitrogens with two attached hydrogens (primary N) is 1. The van der Waals surface area contributed by atoms with E-state index < -0.39 is 5.54 Å². The molecule has 1 amide bonds. The number of carbonyl (C=O) groups is 1. The molecule has 0 radical (unpaired) electrons. The van der Waals surface area contributed by atoms with Crippen LogP contribution in [0, 0.1) is 0 Å². The molecule has 6 heteroatoms. The van der Waals surface area contributed by atoms with Crippen LogP contribution in [-0.4, -0.2) is 16.4 Å². The predicted molar refractivity (Wildman–Crippen MR) is 77.4 cm³/mol. The van der Waals surface area contributed by atoms with Crippen LogP contribution in [0.5, 0.6) is 0 Å². The predicted octanol–water partition coefficient (Wildman–Crippen LogP) is 2.53. The van der Waals surface area contributed by atoms with E-state index in [9.17, 15) is 4.79 Å². The highest BCUT2D eigenvalue weighted by Gasteiger charge is 2.35. The number of nitrogens with zero attached hydrogens (tertiary/aromatic N) is 1. The molecule has 2 rings (SSSR count). The van der Waals surface area contributed by atoms with Crippen molar-refractivity contribution in [2.45, 2.75) is 37.6 Å². The first kappa shape index (κ1) is 17.2. The van der Waals surface area contributed by atoms with Crippen molar-refractivity contribution in [2.24, 2.45) is 5.73 Å². The van der Waals surface area contributed by atoms with E-state index >= 15 is 0 Å². The Hall–Kier alpha value is -0.840. The normalized spacial score (nSPS) is 16.9. The first-order chi connectivity index (χ1) is 7.71. The van der Waals surface area contributed by atoms with E-state index in [0.29, 0.717) is 0 Å². The number of rotatable bonds is 2. The number of amides is 1. The zero-order chi connectivity index (χ0) is 11.4. The molecule has 0 aliphatic heterocycles. The summed E-state index contributed by atoms with van der Waals surface area (Å²) in [5.74, 6) is -0.0709. The van der Waals surface area contributed by atoms with Gasteiger partial charge in [-0.1, -0.05) is 19.3 Å². The molecule has 3 N–H and O–H groups in total. The van der Waals surface area contributed by atoms with E-state index in [4.69, 9.17) is 5.73 Å². The maximum absolute atomic E-state index is 12.0. The van der Waals surface area contributed by atoms with Gasteiger partial charge in [-0.2, -0.15) is 0 Å². The maximum atomic E-state index is 12.0. The molecular formula is C12H19Cl2N3O. The molecule has 0 unspecified atom stereocenters. The Kier molecular flexibility index (Phi) is 7.21. The molecule has 4 nitrogen and oxygen atoms in total. The van der Waals surface area contributed by atoms with Gasteiger partial charge in [0.15, 0.2) is 0 Å². The minimum atomic E-state index is -0.679. The lowest BCUT2D eigenvalue weighted by molar-refractivity contribution is -0.122. The summed E-state index contributed by atoms with van der Waals surface area (Å²) < 4.78 is 0. The Balaban J connectivity index is 0.00000144. The summed E-state index contributed by atoms with van der Waals surface area (Å²) in [5, 5.41) is 2.85. The van der Waals surface area contributed by atoms with Crippen LogP contribution in [0.25, 0.3) is 0 Å². The summed E-state index contributed by atoms with van der Waals surface area (Å²) in [6.45, 7) is 0. The maximum Gasteiger partial charge on any atom is 0.244 e. The first-order valence-electron chi connectivity index (χ1n) is 5.71. The minimum Gasteiger partial charge on any atom is -0.324 e. The summed E-state index contributed by atoms with van der Waals surface area (Å²) >= 11 is 0. The zero-order valence-corrected chi connectivity index (χ0v) is 11.7. The third-order valence-corrected chi connectivity index (χ3v) is 3.14. The fraction of sp³-hybridized carbons (Fsp3) is 0.500. The van der Waals surface area contributed by atoms with Gasteiger partial charge in [0.25, 0.3) is 0 Å². The number of hydrogen-bond acceptors (Lipinski definition) is 3. The van der Waals surface area contributed by atoms with Crippen molar-refractivity contribution in [1.82, 2.24) is 4.98 Å². The molecule has 18 heavy (non-hydrogen) atoms. The highest BCUT2D eigenvalue weighted by Crippen LogP contribution is 2.27. The molecule has 1 aliphatic rings. The molecule has 1 saturated carbocycles. The van der Waals surface area contributed by atoms with E-state index in [-0.39, 0.29) is 30.7 Å². The van der Waals surface area contributed by atoms with Crippen LogP contribution in [-0.2, 0) is 4.79 Å². The summed E-state index contributed by atoms with van der Waals surface area (Å²) in [4.78, 5) is 15.9. The number of carbonyl (C=O) groups excluding carboxylic acids is 1. The average Bonchev–Trinajstić information content (AvgIpc) is 2.31. The zero-order valence-electron chi connectivity index (χ0n) is 10.1. The number of anilines is 1. The van der Waals surface area contributed by atoms with Crippen LogP contribution < -0.4 is 11.1 Å². The van der Waals surface area contributed by atoms with Gasteiger partial charge in [0.05, 0.1) is 5.54 Å². The second kappa shape index (κ2) is 7.56. The van der Waals surface area contributed by atoms with Crippen molar-refractivity contribution in [1.29, 1.82) is 0 Å². The standard InChI is InChI=1S/C12H17N3O.2ClH/c13-12(6-2-1-3-7-12)11(16)15-10-4-8-14-9-5-10;;/h4-5,8-9H,1-3,6-7,13H2,(H,14,15,16);2*1H. The smallest absolute Gasteiger partial charge is 0.244 e. The minimum absolute atomic E-state index is 0. The number of halogens is 2. The van der Waals surface area contributed by atoms with E-state index in [2.05, 4.69) is 10.3 Å². The molecule has 0 saturated heterocycles. The van der Waals surface area contributed by atoms with Crippen LogP contribution in [0.2, 0.25) is 0 Å². The van der Waals surface area contributed by atoms with E-state index in [0.717, 1.165) is 31.4 Å². The summed E-state index contributed by atoms with van der Waals surface area (Å²) in [7, 11) is 0. The molecule has 1 fully saturated rings. The molecule has 0 atom stereocenters. The monoisotopic (exact) mass is 291 g/mol. The molecule has 0 spiro atoms. The summed E-state index contributed by atoms with van der Waals surface area (Å²) in [5.41, 5.74) is 6.20. The molecule has 102 valence electrons. The van der Waals surface area contributed by atoms with Crippen LogP contribution in [0.1, 0.15) is 32.1 Å². The SMILES string of the molecule is Cl.Cl.NC1(C(=O)Nc2ccncc2)CCCCC1. The summed E-state index contributed by atoms with van der Waals surface area (Å²) in [6, 6.07) is 3.54. The Morgan fingerprint density at radius 2 is 1.72 bits per heavy atom. The van der Waals surface area contributed by atoms with Crippen molar-refractivity contribution in [2.75, 3.05) is 5.32 Å². The van der Waals surface area contributed by atoms with Gasteiger partial charge in [-0.15, -0.1) is 24.8 Å². The summed E-state index contributed by atoms with van der Waals surface area (Å²) in [6.07, 6.45) is 8.13. The largest absolute Gasteiger partial charge is 0.324 e. The van der Waals surface area contributed by atoms with E-state index in [1.165, 1.54) is 6.42 Å². The highest BCUT2D eigenvalue weighted by molar-refractivity contribution is 5.97. The van der Waals surface area contributed by atoms with Gasteiger partial charge < -0.3 is 11.1 Å². The lowest BCUT2D eigenvalue weighted by atomic mass is 9.82. The lowest BCUT2D eigenvalue weighted by Crippen LogP contribution is -2.52. The fourth-order valence-electron chi connectivity index (χ4n) is 2.10. The van der Waals surface area contributed by atoms with Crippen molar-refractivity contribution in [3.63, 3.8) is 0 Å². The van der Waals surface area contributed by atoms with Crippen LogP contribution in [0.3, 0.4) is 0 Å². The second-order valence-corrected chi connectivity index (χ2v) is 4.41. The van der Waals surface area contributed by atoms with Crippen molar-refractivity contribution in [3.8, 4) is 0 Å². The van der Waals surface area contributed by atoms with Gasteiger partial charge >= 0.3 is 0 Å². The highest BCUT2D eigenvalue weighted by atomic mass is 35.5. The van der Waals surface area contributed by atoms with Crippen LogP contribution >= 0.6 is 24.8 Å². The lowest BCUT2D eigenvalue weighted by Gasteiger charge is -2.31. The molecule has 1 aliphatic carbocycles. The van der Waals surface area contributed by atoms with Crippen molar-refractivity contribution >= 4 is 36.4 Å². The third kappa shape index (κ3) is 4.12. The van der Waals surface area contributed by atoms with Gasteiger partial charge in [0, 0.05) is 18.1 Å². The number of aromatic nitrogens is 1. The van der Waals surface area contributed by atoms with Gasteiger partial charge in [0.1, 0.15) is 0 Å². The second-order valence-electron chi connectivity index (χ2n) is 4.41. The average molecular weight is 292 g/mol. The molecular weight excluding hydrogens is 273 g/mol. The van der Waals surface area contributed by atoms with Crippen molar-refractivity contribution < 1.29 is 4.79 Å². The third-order valence-electron chi connectivity index (χ3n) is 3.14. The molecule has 1 heterocycles. The number of hydrogen-bond donors (Lipinski definition) is 2. The van der Waals surface area contributed by atoms with Gasteiger partial charge in [-0.25, -0.2) is 0 Å². The number of nitrogens with one attached hydrogen (secondary N) is 1. The van der Waals surface area contributed by atoms with Gasteiger partial charge in [-0.3, -0.25) is 9.78 Å². The van der Waals surface area contributed by atoms with Gasteiger partial charge in [0.2, 0.25) is 5.91 Å².